The van der Waals surface area contributed by atoms with Crippen LogP contribution in [0.2, 0.25) is 5.02 Å². The molecule has 1 fully saturated rings. The topological polar surface area (TPSA) is 125 Å². The summed E-state index contributed by atoms with van der Waals surface area (Å²) in [4.78, 5) is 16.1. The Labute approximate surface area is 183 Å². The minimum absolute atomic E-state index is 0.295. The summed E-state index contributed by atoms with van der Waals surface area (Å²) in [5.41, 5.74) is 3.35. The lowest BCUT2D eigenvalue weighted by Crippen LogP contribution is -2.18. The van der Waals surface area contributed by atoms with Crippen LogP contribution in [0.25, 0.3) is 11.0 Å². The minimum atomic E-state index is -3.41. The van der Waals surface area contributed by atoms with Gasteiger partial charge in [-0.25, -0.2) is 18.4 Å². The number of aromatic nitrogens is 4. The van der Waals surface area contributed by atoms with E-state index in [9.17, 15) is 8.42 Å². The van der Waals surface area contributed by atoms with E-state index in [1.165, 1.54) is 6.20 Å². The van der Waals surface area contributed by atoms with Crippen molar-refractivity contribution in [2.45, 2.75) is 18.1 Å². The number of anilines is 5. The van der Waals surface area contributed by atoms with Crippen LogP contribution in [0.15, 0.2) is 55.0 Å². The molecule has 9 nitrogen and oxygen atoms in total. The minimum Gasteiger partial charge on any atom is -0.345 e. The second-order valence-corrected chi connectivity index (χ2v) is 9.50. The molecule has 0 amide bonds. The fourth-order valence-corrected chi connectivity index (χ4v) is 4.67. The van der Waals surface area contributed by atoms with E-state index in [1.807, 2.05) is 18.2 Å². The van der Waals surface area contributed by atoms with E-state index < -0.39 is 10.0 Å². The predicted octanol–water partition coefficient (Wildman–Crippen LogP) is 4.40. The fourth-order valence-electron chi connectivity index (χ4n) is 3.13. The number of H-pyrrole nitrogens is 1. The fraction of sp³-hybridized carbons (Fsp3) is 0.150. The Hall–Kier alpha value is -3.37. The molecule has 4 N–H and O–H groups in total. The molecule has 0 bridgehead atoms. The van der Waals surface area contributed by atoms with Gasteiger partial charge in [0, 0.05) is 0 Å². The van der Waals surface area contributed by atoms with E-state index in [-0.39, 0.29) is 5.25 Å². The van der Waals surface area contributed by atoms with Crippen molar-refractivity contribution >= 4 is 61.5 Å². The smallest absolute Gasteiger partial charge is 0.235 e. The molecule has 0 spiro atoms. The highest BCUT2D eigenvalue weighted by atomic mass is 35.5. The van der Waals surface area contributed by atoms with Crippen molar-refractivity contribution in [2.24, 2.45) is 0 Å². The average molecular weight is 456 g/mol. The SMILES string of the molecule is O=S(=O)(Nc1ccccc1Nc1nc(Nc2cccc3[nH]cnc23)ncc1Cl)C1CC1. The Bertz CT molecular complexity index is 1370. The lowest BCUT2D eigenvalue weighted by Gasteiger charge is -2.15. The third-order valence-electron chi connectivity index (χ3n) is 4.84. The Morgan fingerprint density at radius 3 is 2.55 bits per heavy atom. The first-order valence-electron chi connectivity index (χ1n) is 9.59. The van der Waals surface area contributed by atoms with Crippen molar-refractivity contribution in [3.05, 3.63) is 60.0 Å². The molecule has 0 saturated heterocycles. The van der Waals surface area contributed by atoms with Gasteiger partial charge in [0.2, 0.25) is 16.0 Å². The molecule has 0 unspecified atom stereocenters. The Kier molecular flexibility index (Phi) is 4.87. The number of nitrogens with one attached hydrogen (secondary N) is 4. The van der Waals surface area contributed by atoms with Gasteiger partial charge in [-0.2, -0.15) is 4.98 Å². The van der Waals surface area contributed by atoms with E-state index in [2.05, 4.69) is 35.3 Å². The molecular weight excluding hydrogens is 438 g/mol. The molecule has 31 heavy (non-hydrogen) atoms. The molecule has 4 aromatic rings. The highest BCUT2D eigenvalue weighted by Gasteiger charge is 2.36. The van der Waals surface area contributed by atoms with Crippen LogP contribution >= 0.6 is 11.6 Å². The van der Waals surface area contributed by atoms with Crippen LogP contribution in [0, 0.1) is 0 Å². The number of rotatable bonds is 7. The molecular formula is C20H18ClN7O2S. The summed E-state index contributed by atoms with van der Waals surface area (Å²) < 4.78 is 27.4. The van der Waals surface area contributed by atoms with Gasteiger partial charge in [-0.1, -0.05) is 29.8 Å². The zero-order valence-corrected chi connectivity index (χ0v) is 17.7. The molecule has 0 aliphatic heterocycles. The molecule has 2 aromatic carbocycles. The van der Waals surface area contributed by atoms with Crippen LogP contribution < -0.4 is 15.4 Å². The molecule has 0 radical (unpaired) electrons. The highest BCUT2D eigenvalue weighted by Crippen LogP contribution is 2.34. The molecule has 1 aliphatic rings. The van der Waals surface area contributed by atoms with Crippen molar-refractivity contribution in [3.8, 4) is 0 Å². The van der Waals surface area contributed by atoms with Gasteiger partial charge in [0.1, 0.15) is 10.5 Å². The molecule has 2 aromatic heterocycles. The van der Waals surface area contributed by atoms with Gasteiger partial charge in [0.05, 0.1) is 40.4 Å². The molecule has 1 aliphatic carbocycles. The molecule has 2 heterocycles. The second-order valence-electron chi connectivity index (χ2n) is 7.14. The molecule has 5 rings (SSSR count). The number of hydrogen-bond acceptors (Lipinski definition) is 7. The second kappa shape index (κ2) is 7.71. The third-order valence-corrected chi connectivity index (χ3v) is 6.97. The van der Waals surface area contributed by atoms with Crippen molar-refractivity contribution < 1.29 is 8.42 Å². The number of halogens is 1. The van der Waals surface area contributed by atoms with E-state index in [4.69, 9.17) is 11.6 Å². The van der Waals surface area contributed by atoms with E-state index in [1.54, 1.807) is 30.6 Å². The number of hydrogen-bond donors (Lipinski definition) is 4. The quantitative estimate of drug-likeness (QED) is 0.325. The maximum absolute atomic E-state index is 12.4. The normalized spacial score (nSPS) is 13.8. The number of nitrogens with zero attached hydrogens (tertiary/aromatic N) is 3. The summed E-state index contributed by atoms with van der Waals surface area (Å²) in [5, 5.41) is 6.22. The van der Waals surface area contributed by atoms with Crippen LogP contribution in [0.5, 0.6) is 0 Å². The first-order valence-corrected chi connectivity index (χ1v) is 11.5. The van der Waals surface area contributed by atoms with Crippen LogP contribution in [-0.4, -0.2) is 33.6 Å². The van der Waals surface area contributed by atoms with Crippen molar-refractivity contribution in [1.82, 2.24) is 19.9 Å². The van der Waals surface area contributed by atoms with Gasteiger partial charge in [-0.15, -0.1) is 0 Å². The zero-order valence-electron chi connectivity index (χ0n) is 16.1. The van der Waals surface area contributed by atoms with Gasteiger partial charge < -0.3 is 15.6 Å². The molecule has 1 saturated carbocycles. The third kappa shape index (κ3) is 4.12. The summed E-state index contributed by atoms with van der Waals surface area (Å²) in [7, 11) is -3.41. The highest BCUT2D eigenvalue weighted by molar-refractivity contribution is 7.93. The Balaban J connectivity index is 1.42. The number of para-hydroxylation sites is 3. The average Bonchev–Trinajstić information content (AvgIpc) is 3.51. The maximum Gasteiger partial charge on any atom is 0.235 e. The van der Waals surface area contributed by atoms with Gasteiger partial charge in [0.15, 0.2) is 5.82 Å². The number of fused-ring (bicyclic) bond motifs is 1. The van der Waals surface area contributed by atoms with Crippen LogP contribution in [0.3, 0.4) is 0 Å². The van der Waals surface area contributed by atoms with Crippen molar-refractivity contribution in [3.63, 3.8) is 0 Å². The lowest BCUT2D eigenvalue weighted by molar-refractivity contribution is 0.600. The van der Waals surface area contributed by atoms with Crippen molar-refractivity contribution in [2.75, 3.05) is 15.4 Å². The van der Waals surface area contributed by atoms with E-state index >= 15 is 0 Å². The number of benzene rings is 2. The van der Waals surface area contributed by atoms with Crippen LogP contribution in [0.4, 0.5) is 28.8 Å². The summed E-state index contributed by atoms with van der Waals surface area (Å²) >= 11 is 6.30. The molecule has 0 atom stereocenters. The summed E-state index contributed by atoms with van der Waals surface area (Å²) in [6.45, 7) is 0. The van der Waals surface area contributed by atoms with Gasteiger partial charge >= 0.3 is 0 Å². The lowest BCUT2D eigenvalue weighted by atomic mass is 10.2. The molecule has 158 valence electrons. The molecule has 11 heteroatoms. The number of sulfonamides is 1. The Morgan fingerprint density at radius 2 is 1.74 bits per heavy atom. The summed E-state index contributed by atoms with van der Waals surface area (Å²) in [6.07, 6.45) is 4.45. The maximum atomic E-state index is 12.4. The van der Waals surface area contributed by atoms with E-state index in [0.29, 0.717) is 41.0 Å². The van der Waals surface area contributed by atoms with Gasteiger partial charge in [0.25, 0.3) is 0 Å². The Morgan fingerprint density at radius 1 is 0.968 bits per heavy atom. The summed E-state index contributed by atoms with van der Waals surface area (Å²) in [5.74, 6) is 0.657. The number of aromatic amines is 1. The van der Waals surface area contributed by atoms with Gasteiger partial charge in [-0.3, -0.25) is 4.72 Å². The van der Waals surface area contributed by atoms with Gasteiger partial charge in [-0.05, 0) is 37.1 Å². The van der Waals surface area contributed by atoms with Crippen LogP contribution in [0.1, 0.15) is 12.8 Å². The summed E-state index contributed by atoms with van der Waals surface area (Å²) in [6, 6.07) is 12.7. The standard InChI is InChI=1S/C20H18ClN7O2S/c21-13-10-22-20(26-17-7-3-6-16-18(17)24-11-23-16)27-19(13)25-14-4-1-2-5-15(14)28-31(29,30)12-8-9-12/h1-7,10-12,28H,8-9H2,(H,23,24)(H2,22,25,26,27). The monoisotopic (exact) mass is 455 g/mol. The first-order chi connectivity index (χ1) is 15.0. The number of imidazole rings is 1. The zero-order chi connectivity index (χ0) is 21.4. The predicted molar refractivity (Wildman–Crippen MR) is 122 cm³/mol. The van der Waals surface area contributed by atoms with E-state index in [0.717, 1.165) is 16.7 Å². The first kappa shape index (κ1) is 19.6. The largest absolute Gasteiger partial charge is 0.345 e. The van der Waals surface area contributed by atoms with Crippen LogP contribution in [-0.2, 0) is 10.0 Å². The van der Waals surface area contributed by atoms with Crippen molar-refractivity contribution in [1.29, 1.82) is 0 Å².